The maximum atomic E-state index is 10.9. The van der Waals surface area contributed by atoms with Crippen LogP contribution >= 0.6 is 0 Å². The Morgan fingerprint density at radius 2 is 2.32 bits per heavy atom. The maximum Gasteiger partial charge on any atom is 0.310 e. The van der Waals surface area contributed by atoms with Gasteiger partial charge in [0, 0.05) is 19.2 Å². The van der Waals surface area contributed by atoms with Crippen LogP contribution in [0.1, 0.15) is 5.82 Å². The van der Waals surface area contributed by atoms with Gasteiger partial charge in [-0.3, -0.25) is 20.2 Å². The molecule has 0 unspecified atom stereocenters. The standard InChI is InChI=1S/C13H12N6O3/c20-19(21)10-8-14-5-3-9(10)15-6-4-12-16-13(18-17-12)11-2-1-7-22-11/h1-3,5,7-8H,4,6H2,(H,14,15)(H,16,17,18). The number of aromatic amines is 1. The molecule has 0 atom stereocenters. The summed E-state index contributed by atoms with van der Waals surface area (Å²) in [6, 6.07) is 5.09. The average Bonchev–Trinajstić information content (AvgIpc) is 3.18. The van der Waals surface area contributed by atoms with Crippen molar-refractivity contribution >= 4 is 11.4 Å². The van der Waals surface area contributed by atoms with Crippen molar-refractivity contribution in [1.82, 2.24) is 20.2 Å². The second kappa shape index (κ2) is 6.04. The van der Waals surface area contributed by atoms with Gasteiger partial charge in [0.25, 0.3) is 0 Å². The fourth-order valence-electron chi connectivity index (χ4n) is 1.92. The smallest absolute Gasteiger partial charge is 0.310 e. The minimum Gasteiger partial charge on any atom is -0.461 e. The number of nitrogens with one attached hydrogen (secondary N) is 2. The predicted octanol–water partition coefficient (Wildman–Crippen LogP) is 2.02. The Morgan fingerprint density at radius 3 is 3.09 bits per heavy atom. The lowest BCUT2D eigenvalue weighted by molar-refractivity contribution is -0.384. The summed E-state index contributed by atoms with van der Waals surface area (Å²) in [5, 5.41) is 20.7. The Labute approximate surface area is 124 Å². The number of pyridine rings is 1. The third-order valence-electron chi connectivity index (χ3n) is 2.95. The Morgan fingerprint density at radius 1 is 1.41 bits per heavy atom. The van der Waals surface area contributed by atoms with E-state index in [0.717, 1.165) is 0 Å². The van der Waals surface area contributed by atoms with E-state index in [4.69, 9.17) is 4.42 Å². The van der Waals surface area contributed by atoms with Gasteiger partial charge in [0.2, 0.25) is 5.82 Å². The summed E-state index contributed by atoms with van der Waals surface area (Å²) in [6.45, 7) is 0.470. The maximum absolute atomic E-state index is 10.9. The van der Waals surface area contributed by atoms with Crippen LogP contribution in [0.3, 0.4) is 0 Å². The molecule has 9 heteroatoms. The van der Waals surface area contributed by atoms with Crippen LogP contribution in [-0.4, -0.2) is 31.6 Å². The summed E-state index contributed by atoms with van der Waals surface area (Å²) in [6.07, 6.45) is 4.80. The quantitative estimate of drug-likeness (QED) is 0.527. The van der Waals surface area contributed by atoms with Gasteiger partial charge in [0.15, 0.2) is 5.76 Å². The number of H-pyrrole nitrogens is 1. The number of hydrogen-bond donors (Lipinski definition) is 2. The van der Waals surface area contributed by atoms with Crippen LogP contribution in [-0.2, 0) is 6.42 Å². The van der Waals surface area contributed by atoms with Gasteiger partial charge >= 0.3 is 5.69 Å². The summed E-state index contributed by atoms with van der Waals surface area (Å²) in [7, 11) is 0. The minimum atomic E-state index is -0.473. The lowest BCUT2D eigenvalue weighted by Crippen LogP contribution is -2.08. The Bertz CT molecular complexity index is 768. The Kier molecular flexibility index (Phi) is 3.77. The van der Waals surface area contributed by atoms with E-state index in [1.54, 1.807) is 24.5 Å². The van der Waals surface area contributed by atoms with Gasteiger partial charge in [-0.05, 0) is 18.2 Å². The lowest BCUT2D eigenvalue weighted by atomic mass is 10.3. The number of rotatable bonds is 6. The van der Waals surface area contributed by atoms with Crippen molar-refractivity contribution in [1.29, 1.82) is 0 Å². The first-order valence-electron chi connectivity index (χ1n) is 6.51. The first-order chi connectivity index (χ1) is 10.7. The predicted molar refractivity (Wildman–Crippen MR) is 77.2 cm³/mol. The molecule has 0 spiro atoms. The van der Waals surface area contributed by atoms with Crippen molar-refractivity contribution in [3.8, 4) is 11.6 Å². The Balaban J connectivity index is 1.61. The van der Waals surface area contributed by atoms with Crippen LogP contribution in [0.15, 0.2) is 41.3 Å². The molecule has 3 rings (SSSR count). The van der Waals surface area contributed by atoms with Gasteiger partial charge in [-0.25, -0.2) is 4.98 Å². The number of nitro groups is 1. The molecule has 0 amide bonds. The number of hydrogen-bond acceptors (Lipinski definition) is 7. The van der Waals surface area contributed by atoms with Crippen molar-refractivity contribution in [2.24, 2.45) is 0 Å². The van der Waals surface area contributed by atoms with Crippen LogP contribution in [0.2, 0.25) is 0 Å². The van der Waals surface area contributed by atoms with Gasteiger partial charge in [-0.15, -0.1) is 0 Å². The first kappa shape index (κ1) is 13.7. The molecule has 3 aromatic heterocycles. The van der Waals surface area contributed by atoms with Crippen LogP contribution in [0.5, 0.6) is 0 Å². The summed E-state index contributed by atoms with van der Waals surface area (Å²) >= 11 is 0. The molecule has 22 heavy (non-hydrogen) atoms. The average molecular weight is 300 g/mol. The zero-order valence-corrected chi connectivity index (χ0v) is 11.4. The van der Waals surface area contributed by atoms with E-state index in [0.29, 0.717) is 36.1 Å². The molecule has 3 heterocycles. The van der Waals surface area contributed by atoms with Gasteiger partial charge in [0.1, 0.15) is 17.7 Å². The first-order valence-corrected chi connectivity index (χ1v) is 6.51. The second-order valence-corrected chi connectivity index (χ2v) is 4.41. The fraction of sp³-hybridized carbons (Fsp3) is 0.154. The van der Waals surface area contributed by atoms with Crippen molar-refractivity contribution in [3.63, 3.8) is 0 Å². The van der Waals surface area contributed by atoms with E-state index >= 15 is 0 Å². The SMILES string of the molecule is O=[N+]([O-])c1cnccc1NCCc1nc(-c2ccco2)n[nH]1. The summed E-state index contributed by atoms with van der Waals surface area (Å²) in [4.78, 5) is 18.4. The van der Waals surface area contributed by atoms with Crippen LogP contribution in [0, 0.1) is 10.1 Å². The third kappa shape index (κ3) is 2.92. The monoisotopic (exact) mass is 300 g/mol. The topological polar surface area (TPSA) is 123 Å². The van der Waals surface area contributed by atoms with E-state index < -0.39 is 4.92 Å². The second-order valence-electron chi connectivity index (χ2n) is 4.41. The molecule has 2 N–H and O–H groups in total. The van der Waals surface area contributed by atoms with E-state index in [-0.39, 0.29) is 5.69 Å². The van der Waals surface area contributed by atoms with Crippen LogP contribution in [0.25, 0.3) is 11.6 Å². The third-order valence-corrected chi connectivity index (χ3v) is 2.95. The lowest BCUT2D eigenvalue weighted by Gasteiger charge is -2.04. The number of nitrogens with zero attached hydrogens (tertiary/aromatic N) is 4. The van der Waals surface area contributed by atoms with E-state index in [2.05, 4.69) is 25.5 Å². The highest BCUT2D eigenvalue weighted by atomic mass is 16.6. The summed E-state index contributed by atoms with van der Waals surface area (Å²) in [5.41, 5.74) is 0.363. The molecule has 0 aliphatic rings. The minimum absolute atomic E-state index is 0.0589. The van der Waals surface area contributed by atoms with Crippen molar-refractivity contribution in [3.05, 3.63) is 52.8 Å². The van der Waals surface area contributed by atoms with Crippen molar-refractivity contribution in [2.75, 3.05) is 11.9 Å². The van der Waals surface area contributed by atoms with Gasteiger partial charge in [-0.2, -0.15) is 5.10 Å². The van der Waals surface area contributed by atoms with E-state index in [1.165, 1.54) is 12.4 Å². The molecule has 112 valence electrons. The van der Waals surface area contributed by atoms with Gasteiger partial charge in [0.05, 0.1) is 11.2 Å². The normalized spacial score (nSPS) is 10.5. The highest BCUT2D eigenvalue weighted by molar-refractivity contribution is 5.59. The molecule has 0 aromatic carbocycles. The molecule has 0 bridgehead atoms. The summed E-state index contributed by atoms with van der Waals surface area (Å²) in [5.74, 6) is 1.73. The molecular formula is C13H12N6O3. The molecule has 9 nitrogen and oxygen atoms in total. The highest BCUT2D eigenvalue weighted by Crippen LogP contribution is 2.21. The molecule has 0 saturated carbocycles. The molecule has 0 fully saturated rings. The Hall–Kier alpha value is -3.23. The van der Waals surface area contributed by atoms with E-state index in [1.807, 2.05) is 0 Å². The number of anilines is 1. The van der Waals surface area contributed by atoms with Crippen LogP contribution < -0.4 is 5.32 Å². The number of furan rings is 1. The largest absolute Gasteiger partial charge is 0.461 e. The van der Waals surface area contributed by atoms with E-state index in [9.17, 15) is 10.1 Å². The zero-order valence-electron chi connectivity index (χ0n) is 11.4. The number of aromatic nitrogens is 4. The molecule has 0 aliphatic carbocycles. The van der Waals surface area contributed by atoms with Crippen molar-refractivity contribution in [2.45, 2.75) is 6.42 Å². The molecule has 0 radical (unpaired) electrons. The van der Waals surface area contributed by atoms with Gasteiger partial charge in [-0.1, -0.05) is 0 Å². The zero-order chi connectivity index (χ0) is 15.4. The molecule has 0 aliphatic heterocycles. The van der Waals surface area contributed by atoms with Crippen LogP contribution in [0.4, 0.5) is 11.4 Å². The van der Waals surface area contributed by atoms with Gasteiger partial charge < -0.3 is 9.73 Å². The highest BCUT2D eigenvalue weighted by Gasteiger charge is 2.13. The molecule has 0 saturated heterocycles. The molecular weight excluding hydrogens is 288 g/mol. The summed E-state index contributed by atoms with van der Waals surface area (Å²) < 4.78 is 5.21. The fourth-order valence-corrected chi connectivity index (χ4v) is 1.92. The molecule has 3 aromatic rings. The van der Waals surface area contributed by atoms with Crippen molar-refractivity contribution < 1.29 is 9.34 Å².